The maximum absolute atomic E-state index is 10.8. The van der Waals surface area contributed by atoms with Crippen LogP contribution in [0.1, 0.15) is 49.2 Å². The summed E-state index contributed by atoms with van der Waals surface area (Å²) in [7, 11) is 0. The van der Waals surface area contributed by atoms with Gasteiger partial charge in [-0.15, -0.1) is 0 Å². The van der Waals surface area contributed by atoms with Crippen LogP contribution in [0.5, 0.6) is 0 Å². The fourth-order valence-electron chi connectivity index (χ4n) is 2.68. The predicted molar refractivity (Wildman–Crippen MR) is 69.5 cm³/mol. The molecule has 18 heavy (non-hydrogen) atoms. The SMILES string of the molecule is CCC1CCC(C)N1Cc1ccc(C(=O)O)cn1. The lowest BCUT2D eigenvalue weighted by atomic mass is 10.1. The van der Waals surface area contributed by atoms with E-state index in [1.54, 1.807) is 6.07 Å². The van der Waals surface area contributed by atoms with Crippen LogP contribution in [0.15, 0.2) is 18.3 Å². The molecule has 2 rings (SSSR count). The van der Waals surface area contributed by atoms with Crippen LogP contribution >= 0.6 is 0 Å². The molecule has 1 N–H and O–H groups in total. The van der Waals surface area contributed by atoms with Crippen molar-refractivity contribution in [3.05, 3.63) is 29.6 Å². The molecule has 0 aliphatic carbocycles. The molecule has 0 radical (unpaired) electrons. The van der Waals surface area contributed by atoms with E-state index in [0.717, 1.165) is 18.7 Å². The van der Waals surface area contributed by atoms with Gasteiger partial charge in [-0.3, -0.25) is 9.88 Å². The highest BCUT2D eigenvalue weighted by Crippen LogP contribution is 2.27. The number of aromatic carboxylic acids is 1. The van der Waals surface area contributed by atoms with Gasteiger partial charge in [0.15, 0.2) is 0 Å². The van der Waals surface area contributed by atoms with Gasteiger partial charge in [-0.25, -0.2) is 4.79 Å². The number of hydrogen-bond acceptors (Lipinski definition) is 3. The van der Waals surface area contributed by atoms with Crippen LogP contribution in [0.4, 0.5) is 0 Å². The van der Waals surface area contributed by atoms with Crippen LogP contribution in [0.2, 0.25) is 0 Å². The van der Waals surface area contributed by atoms with Crippen molar-refractivity contribution in [2.75, 3.05) is 0 Å². The summed E-state index contributed by atoms with van der Waals surface area (Å²) < 4.78 is 0. The molecule has 4 nitrogen and oxygen atoms in total. The Morgan fingerprint density at radius 3 is 2.83 bits per heavy atom. The average molecular weight is 248 g/mol. The van der Waals surface area contributed by atoms with Gasteiger partial charge in [0, 0.05) is 24.8 Å². The van der Waals surface area contributed by atoms with Crippen LogP contribution in [0, 0.1) is 0 Å². The van der Waals surface area contributed by atoms with E-state index in [4.69, 9.17) is 5.11 Å². The summed E-state index contributed by atoms with van der Waals surface area (Å²) in [5, 5.41) is 8.83. The molecule has 0 saturated carbocycles. The van der Waals surface area contributed by atoms with Crippen LogP contribution in [-0.4, -0.2) is 33.0 Å². The third-order valence-corrected chi connectivity index (χ3v) is 3.84. The van der Waals surface area contributed by atoms with E-state index in [1.165, 1.54) is 19.0 Å². The van der Waals surface area contributed by atoms with Gasteiger partial charge >= 0.3 is 5.97 Å². The first kappa shape index (κ1) is 13.0. The minimum Gasteiger partial charge on any atom is -0.478 e. The van der Waals surface area contributed by atoms with Gasteiger partial charge < -0.3 is 5.11 Å². The normalized spacial score (nSPS) is 24.3. The van der Waals surface area contributed by atoms with E-state index in [9.17, 15) is 4.79 Å². The Morgan fingerprint density at radius 1 is 1.50 bits per heavy atom. The van der Waals surface area contributed by atoms with E-state index >= 15 is 0 Å². The molecule has 4 heteroatoms. The summed E-state index contributed by atoms with van der Waals surface area (Å²) in [5.41, 5.74) is 1.20. The first-order valence-corrected chi connectivity index (χ1v) is 6.55. The minimum atomic E-state index is -0.921. The first-order valence-electron chi connectivity index (χ1n) is 6.55. The maximum Gasteiger partial charge on any atom is 0.337 e. The third-order valence-electron chi connectivity index (χ3n) is 3.84. The van der Waals surface area contributed by atoms with Gasteiger partial charge in [0.05, 0.1) is 11.3 Å². The zero-order valence-corrected chi connectivity index (χ0v) is 11.0. The second kappa shape index (κ2) is 5.48. The van der Waals surface area contributed by atoms with Crippen molar-refractivity contribution in [2.45, 2.75) is 51.7 Å². The number of likely N-dealkylation sites (tertiary alicyclic amines) is 1. The number of nitrogens with zero attached hydrogens (tertiary/aromatic N) is 2. The van der Waals surface area contributed by atoms with Crippen molar-refractivity contribution in [1.29, 1.82) is 0 Å². The lowest BCUT2D eigenvalue weighted by molar-refractivity contribution is 0.0696. The van der Waals surface area contributed by atoms with E-state index in [-0.39, 0.29) is 5.56 Å². The quantitative estimate of drug-likeness (QED) is 0.889. The molecule has 1 aromatic heterocycles. The van der Waals surface area contributed by atoms with Gasteiger partial charge in [-0.2, -0.15) is 0 Å². The number of rotatable bonds is 4. The molecule has 1 saturated heterocycles. The second-order valence-electron chi connectivity index (χ2n) is 5.00. The summed E-state index contributed by atoms with van der Waals surface area (Å²) in [6.07, 6.45) is 5.10. The molecule has 2 unspecified atom stereocenters. The highest BCUT2D eigenvalue weighted by molar-refractivity contribution is 5.87. The highest BCUT2D eigenvalue weighted by Gasteiger charge is 2.29. The Hall–Kier alpha value is -1.42. The molecule has 98 valence electrons. The van der Waals surface area contributed by atoms with Crippen molar-refractivity contribution in [2.24, 2.45) is 0 Å². The first-order chi connectivity index (χ1) is 8.61. The molecule has 0 spiro atoms. The lowest BCUT2D eigenvalue weighted by Gasteiger charge is -2.27. The number of aromatic nitrogens is 1. The van der Waals surface area contributed by atoms with Gasteiger partial charge in [0.2, 0.25) is 0 Å². The molecule has 1 aliphatic rings. The fourth-order valence-corrected chi connectivity index (χ4v) is 2.68. The number of carboxylic acids is 1. The highest BCUT2D eigenvalue weighted by atomic mass is 16.4. The molecule has 0 amide bonds. The smallest absolute Gasteiger partial charge is 0.337 e. The number of carboxylic acid groups (broad SMARTS) is 1. The third kappa shape index (κ3) is 2.70. The topological polar surface area (TPSA) is 53.4 Å². The maximum atomic E-state index is 10.8. The monoisotopic (exact) mass is 248 g/mol. The summed E-state index contributed by atoms with van der Waals surface area (Å²) in [5.74, 6) is -0.921. The number of carbonyl (C=O) groups is 1. The zero-order chi connectivity index (χ0) is 13.1. The molecular weight excluding hydrogens is 228 g/mol. The van der Waals surface area contributed by atoms with Crippen LogP contribution in [-0.2, 0) is 6.54 Å². The van der Waals surface area contributed by atoms with E-state index < -0.39 is 5.97 Å². The predicted octanol–water partition coefficient (Wildman–Crippen LogP) is 2.54. The standard InChI is InChI=1S/C14H20N2O2/c1-3-13-7-4-10(2)16(13)9-12-6-5-11(8-15-12)14(17)18/h5-6,8,10,13H,3-4,7,9H2,1-2H3,(H,17,18). The molecular formula is C14H20N2O2. The van der Waals surface area contributed by atoms with E-state index in [2.05, 4.69) is 23.7 Å². The van der Waals surface area contributed by atoms with E-state index in [0.29, 0.717) is 12.1 Å². The molecule has 0 aromatic carbocycles. The van der Waals surface area contributed by atoms with Gasteiger partial charge in [0.1, 0.15) is 0 Å². The summed E-state index contributed by atoms with van der Waals surface area (Å²) in [6.45, 7) is 5.29. The molecule has 1 aliphatic heterocycles. The largest absolute Gasteiger partial charge is 0.478 e. The summed E-state index contributed by atoms with van der Waals surface area (Å²) >= 11 is 0. The van der Waals surface area contributed by atoms with Crippen LogP contribution in [0.25, 0.3) is 0 Å². The number of pyridine rings is 1. The van der Waals surface area contributed by atoms with Gasteiger partial charge in [0.25, 0.3) is 0 Å². The van der Waals surface area contributed by atoms with Crippen molar-refractivity contribution in [1.82, 2.24) is 9.88 Å². The Balaban J connectivity index is 2.06. The molecule has 2 atom stereocenters. The Labute approximate surface area is 108 Å². The van der Waals surface area contributed by atoms with Crippen molar-refractivity contribution >= 4 is 5.97 Å². The zero-order valence-electron chi connectivity index (χ0n) is 11.0. The lowest BCUT2D eigenvalue weighted by Crippen LogP contribution is -2.33. The average Bonchev–Trinajstić information content (AvgIpc) is 2.71. The number of hydrogen-bond donors (Lipinski definition) is 1. The van der Waals surface area contributed by atoms with Gasteiger partial charge in [-0.05, 0) is 38.3 Å². The second-order valence-corrected chi connectivity index (χ2v) is 5.00. The summed E-state index contributed by atoms with van der Waals surface area (Å²) in [4.78, 5) is 17.5. The summed E-state index contributed by atoms with van der Waals surface area (Å²) in [6, 6.07) is 4.69. The Morgan fingerprint density at radius 2 is 2.28 bits per heavy atom. The minimum absolute atomic E-state index is 0.250. The van der Waals surface area contributed by atoms with Crippen LogP contribution in [0.3, 0.4) is 0 Å². The molecule has 1 aromatic rings. The van der Waals surface area contributed by atoms with Crippen molar-refractivity contribution in [3.8, 4) is 0 Å². The Kier molecular flexibility index (Phi) is 3.97. The fraction of sp³-hybridized carbons (Fsp3) is 0.571. The molecule has 0 bridgehead atoms. The molecule has 1 fully saturated rings. The van der Waals surface area contributed by atoms with Crippen molar-refractivity contribution < 1.29 is 9.90 Å². The van der Waals surface area contributed by atoms with Crippen molar-refractivity contribution in [3.63, 3.8) is 0 Å². The van der Waals surface area contributed by atoms with Crippen LogP contribution < -0.4 is 0 Å². The Bertz CT molecular complexity index is 416. The van der Waals surface area contributed by atoms with E-state index in [1.807, 2.05) is 6.07 Å². The molecule has 2 heterocycles. The van der Waals surface area contributed by atoms with Gasteiger partial charge in [-0.1, -0.05) is 6.92 Å².